The van der Waals surface area contributed by atoms with E-state index in [-0.39, 0.29) is 11.8 Å². The van der Waals surface area contributed by atoms with Crippen molar-refractivity contribution in [3.05, 3.63) is 22.2 Å². The molecule has 1 aromatic carbocycles. The first-order valence-electron chi connectivity index (χ1n) is 5.08. The highest BCUT2D eigenvalue weighted by Crippen LogP contribution is 2.31. The second-order valence-electron chi connectivity index (χ2n) is 3.47. The molecule has 0 radical (unpaired) electrons. The van der Waals surface area contributed by atoms with Gasteiger partial charge in [0.1, 0.15) is 5.88 Å². The number of hydrogen-bond donors (Lipinski definition) is 1. The normalized spacial score (nSPS) is 10.8. The molecule has 1 aromatic heterocycles. The molecular formula is C11H10BrClN2OS. The molecule has 6 heteroatoms. The fourth-order valence-electron chi connectivity index (χ4n) is 1.54. The van der Waals surface area contributed by atoms with E-state index in [9.17, 15) is 4.79 Å². The monoisotopic (exact) mass is 332 g/mol. The van der Waals surface area contributed by atoms with Gasteiger partial charge in [-0.2, -0.15) is 0 Å². The molecular weight excluding hydrogens is 324 g/mol. The van der Waals surface area contributed by atoms with Crippen LogP contribution in [0, 0.1) is 0 Å². The van der Waals surface area contributed by atoms with Gasteiger partial charge in [0.25, 0.3) is 0 Å². The molecule has 90 valence electrons. The average molecular weight is 334 g/mol. The third-order valence-corrected chi connectivity index (χ3v) is 3.91. The van der Waals surface area contributed by atoms with Crippen LogP contribution in [0.2, 0.25) is 0 Å². The van der Waals surface area contributed by atoms with Gasteiger partial charge >= 0.3 is 0 Å². The highest BCUT2D eigenvalue weighted by Gasteiger charge is 2.10. The molecule has 0 saturated carbocycles. The Labute approximate surface area is 116 Å². The maximum absolute atomic E-state index is 11.2. The number of nitrogens with zero attached hydrogens (tertiary/aromatic N) is 1. The molecule has 0 aliphatic heterocycles. The molecule has 1 amide bonds. The van der Waals surface area contributed by atoms with Crippen molar-refractivity contribution in [2.24, 2.45) is 0 Å². The van der Waals surface area contributed by atoms with Crippen molar-refractivity contribution < 1.29 is 4.79 Å². The lowest BCUT2D eigenvalue weighted by atomic mass is 10.1. The van der Waals surface area contributed by atoms with Crippen LogP contribution < -0.4 is 5.32 Å². The Morgan fingerprint density at radius 3 is 3.00 bits per heavy atom. The van der Waals surface area contributed by atoms with E-state index >= 15 is 0 Å². The first-order chi connectivity index (χ1) is 8.13. The van der Waals surface area contributed by atoms with Crippen LogP contribution >= 0.6 is 38.9 Å². The lowest BCUT2D eigenvalue weighted by molar-refractivity contribution is -0.113. The molecule has 0 saturated heterocycles. The van der Waals surface area contributed by atoms with Crippen molar-refractivity contribution in [3.63, 3.8) is 0 Å². The molecule has 0 spiro atoms. The van der Waals surface area contributed by atoms with Crippen LogP contribution in [0.1, 0.15) is 12.5 Å². The summed E-state index contributed by atoms with van der Waals surface area (Å²) in [6, 6.07) is 4.05. The first kappa shape index (κ1) is 12.8. The average Bonchev–Trinajstić information content (AvgIpc) is 2.69. The minimum absolute atomic E-state index is 0.0553. The van der Waals surface area contributed by atoms with Crippen LogP contribution in [-0.2, 0) is 11.2 Å². The standard InChI is InChI=1S/C11H10BrClN2OS/c1-2-6-3-7(12)4-8-10(6)15-11(17-8)14-9(16)5-13/h3-4H,2,5H2,1H3,(H,14,15,16). The van der Waals surface area contributed by atoms with Crippen LogP contribution in [-0.4, -0.2) is 16.8 Å². The maximum Gasteiger partial charge on any atom is 0.241 e. The highest BCUT2D eigenvalue weighted by atomic mass is 79.9. The molecule has 0 unspecified atom stereocenters. The molecule has 17 heavy (non-hydrogen) atoms. The minimum Gasteiger partial charge on any atom is -0.301 e. The number of halogens is 2. The number of rotatable bonds is 3. The predicted octanol–water partition coefficient (Wildman–Crippen LogP) is 3.80. The summed E-state index contributed by atoms with van der Waals surface area (Å²) in [5, 5.41) is 3.27. The van der Waals surface area contributed by atoms with E-state index < -0.39 is 0 Å². The molecule has 0 aliphatic rings. The van der Waals surface area contributed by atoms with Gasteiger partial charge < -0.3 is 5.32 Å². The molecule has 0 atom stereocenters. The number of anilines is 1. The summed E-state index contributed by atoms with van der Waals surface area (Å²) in [6.45, 7) is 2.08. The van der Waals surface area contributed by atoms with Crippen LogP contribution in [0.15, 0.2) is 16.6 Å². The van der Waals surface area contributed by atoms with E-state index in [1.807, 2.05) is 6.07 Å². The fraction of sp³-hybridized carbons (Fsp3) is 0.273. The molecule has 0 bridgehead atoms. The van der Waals surface area contributed by atoms with Crippen LogP contribution in [0.25, 0.3) is 10.2 Å². The van der Waals surface area contributed by atoms with Gasteiger partial charge in [0.2, 0.25) is 5.91 Å². The Morgan fingerprint density at radius 1 is 1.59 bits per heavy atom. The number of carbonyl (C=O) groups is 1. The van der Waals surface area contributed by atoms with Crippen molar-refractivity contribution in [1.82, 2.24) is 4.98 Å². The van der Waals surface area contributed by atoms with Gasteiger partial charge in [-0.05, 0) is 24.1 Å². The third kappa shape index (κ3) is 2.78. The van der Waals surface area contributed by atoms with Gasteiger partial charge in [0, 0.05) is 4.47 Å². The van der Waals surface area contributed by atoms with Crippen LogP contribution in [0.5, 0.6) is 0 Å². The highest BCUT2D eigenvalue weighted by molar-refractivity contribution is 9.10. The molecule has 2 rings (SSSR count). The Kier molecular flexibility index (Phi) is 4.01. The summed E-state index contributed by atoms with van der Waals surface area (Å²) in [4.78, 5) is 15.6. The Bertz CT molecular complexity index is 570. The van der Waals surface area contributed by atoms with Crippen molar-refractivity contribution in [2.45, 2.75) is 13.3 Å². The number of benzene rings is 1. The van der Waals surface area contributed by atoms with Gasteiger partial charge in [-0.25, -0.2) is 4.98 Å². The maximum atomic E-state index is 11.2. The largest absolute Gasteiger partial charge is 0.301 e. The van der Waals surface area contributed by atoms with E-state index in [1.165, 1.54) is 11.3 Å². The Balaban J connectivity index is 2.45. The van der Waals surface area contributed by atoms with E-state index in [0.29, 0.717) is 5.13 Å². The third-order valence-electron chi connectivity index (χ3n) is 2.29. The van der Waals surface area contributed by atoms with Gasteiger partial charge in [0.05, 0.1) is 10.2 Å². The lowest BCUT2D eigenvalue weighted by Gasteiger charge is -1.98. The van der Waals surface area contributed by atoms with Crippen LogP contribution in [0.4, 0.5) is 5.13 Å². The Hall–Kier alpha value is -0.650. The zero-order valence-electron chi connectivity index (χ0n) is 9.09. The summed E-state index contributed by atoms with van der Waals surface area (Å²) in [6.07, 6.45) is 0.905. The number of aryl methyl sites for hydroxylation is 1. The minimum atomic E-state index is -0.233. The second-order valence-corrected chi connectivity index (χ2v) is 5.68. The van der Waals surface area contributed by atoms with Crippen molar-refractivity contribution >= 4 is 60.1 Å². The summed E-state index contributed by atoms with van der Waals surface area (Å²) < 4.78 is 2.09. The number of aromatic nitrogens is 1. The van der Waals surface area contributed by atoms with E-state index in [4.69, 9.17) is 11.6 Å². The summed E-state index contributed by atoms with van der Waals surface area (Å²) in [5.74, 6) is -0.289. The number of alkyl halides is 1. The van der Waals surface area contributed by atoms with Gasteiger partial charge in [0.15, 0.2) is 5.13 Å². The second kappa shape index (κ2) is 5.33. The predicted molar refractivity (Wildman–Crippen MR) is 76.0 cm³/mol. The lowest BCUT2D eigenvalue weighted by Crippen LogP contribution is -2.12. The SMILES string of the molecule is CCc1cc(Br)cc2sc(NC(=O)CCl)nc12. The summed E-state index contributed by atoms with van der Waals surface area (Å²) in [7, 11) is 0. The quantitative estimate of drug-likeness (QED) is 0.868. The number of hydrogen-bond acceptors (Lipinski definition) is 3. The molecule has 0 aliphatic carbocycles. The zero-order valence-corrected chi connectivity index (χ0v) is 12.2. The molecule has 1 heterocycles. The van der Waals surface area contributed by atoms with E-state index in [1.54, 1.807) is 0 Å². The molecule has 1 N–H and O–H groups in total. The number of carbonyl (C=O) groups excluding carboxylic acids is 1. The van der Waals surface area contributed by atoms with E-state index in [0.717, 1.165) is 26.7 Å². The van der Waals surface area contributed by atoms with E-state index in [2.05, 4.69) is 39.2 Å². The van der Waals surface area contributed by atoms with Crippen molar-refractivity contribution in [2.75, 3.05) is 11.2 Å². The number of fused-ring (bicyclic) bond motifs is 1. The Morgan fingerprint density at radius 2 is 2.35 bits per heavy atom. The summed E-state index contributed by atoms with van der Waals surface area (Å²) >= 11 is 10.4. The fourth-order valence-corrected chi connectivity index (χ4v) is 3.23. The number of nitrogens with one attached hydrogen (secondary N) is 1. The zero-order chi connectivity index (χ0) is 12.4. The molecule has 2 aromatic rings. The van der Waals surface area contributed by atoms with Gasteiger partial charge in [-0.15, -0.1) is 11.6 Å². The number of amides is 1. The molecule has 3 nitrogen and oxygen atoms in total. The van der Waals surface area contributed by atoms with Crippen LogP contribution in [0.3, 0.4) is 0 Å². The number of thiazole rings is 1. The summed E-state index contributed by atoms with van der Waals surface area (Å²) in [5.41, 5.74) is 2.11. The first-order valence-corrected chi connectivity index (χ1v) is 7.23. The van der Waals surface area contributed by atoms with Crippen molar-refractivity contribution in [1.29, 1.82) is 0 Å². The molecule has 0 fully saturated rings. The van der Waals surface area contributed by atoms with Gasteiger partial charge in [-0.3, -0.25) is 4.79 Å². The van der Waals surface area contributed by atoms with Crippen molar-refractivity contribution in [3.8, 4) is 0 Å². The topological polar surface area (TPSA) is 42.0 Å². The smallest absolute Gasteiger partial charge is 0.241 e. The van der Waals surface area contributed by atoms with Gasteiger partial charge in [-0.1, -0.05) is 34.2 Å².